The summed E-state index contributed by atoms with van der Waals surface area (Å²) < 4.78 is 27.3. The maximum Gasteiger partial charge on any atom is 0.253 e. The summed E-state index contributed by atoms with van der Waals surface area (Å²) in [6.45, 7) is 2.29. The third-order valence-electron chi connectivity index (χ3n) is 4.56. The molecule has 1 saturated heterocycles. The maximum absolute atomic E-state index is 12.5. The van der Waals surface area contributed by atoms with E-state index in [1.54, 1.807) is 28.4 Å². The summed E-state index contributed by atoms with van der Waals surface area (Å²) in [5.74, 6) is 0.279. The molecule has 1 aliphatic rings. The molecule has 148 valence electrons. The average Bonchev–Trinajstić information content (AvgIpc) is 3.33. The van der Waals surface area contributed by atoms with Gasteiger partial charge >= 0.3 is 0 Å². The molecule has 1 unspecified atom stereocenters. The van der Waals surface area contributed by atoms with Gasteiger partial charge in [0.2, 0.25) is 10.0 Å². The highest BCUT2D eigenvalue weighted by molar-refractivity contribution is 7.89. The Morgan fingerprint density at radius 2 is 2.00 bits per heavy atom. The molecule has 0 aliphatic carbocycles. The molecular weight excluding hydrogens is 406 g/mol. The van der Waals surface area contributed by atoms with Gasteiger partial charge in [-0.05, 0) is 61.0 Å². The van der Waals surface area contributed by atoms with Gasteiger partial charge in [-0.1, -0.05) is 6.07 Å². The number of thiophene rings is 1. The van der Waals surface area contributed by atoms with Crippen molar-refractivity contribution in [1.82, 2.24) is 9.62 Å². The zero-order valence-corrected chi connectivity index (χ0v) is 17.3. The van der Waals surface area contributed by atoms with E-state index in [0.29, 0.717) is 44.1 Å². The zero-order valence-electron chi connectivity index (χ0n) is 14.8. The molecule has 6 nitrogen and oxygen atoms in total. The van der Waals surface area contributed by atoms with E-state index in [1.165, 1.54) is 12.1 Å². The van der Waals surface area contributed by atoms with Gasteiger partial charge in [0, 0.05) is 30.1 Å². The first-order valence-corrected chi connectivity index (χ1v) is 11.0. The second kappa shape index (κ2) is 9.66. The lowest BCUT2D eigenvalue weighted by molar-refractivity contribution is 0.0787. The Hall–Kier alpha value is -1.45. The van der Waals surface area contributed by atoms with Crippen molar-refractivity contribution in [3.8, 4) is 0 Å². The smallest absolute Gasteiger partial charge is 0.253 e. The van der Waals surface area contributed by atoms with Crippen LogP contribution in [0.2, 0.25) is 0 Å². The van der Waals surface area contributed by atoms with Gasteiger partial charge in [0.15, 0.2) is 0 Å². The fourth-order valence-corrected chi connectivity index (χ4v) is 4.76. The van der Waals surface area contributed by atoms with E-state index in [9.17, 15) is 13.2 Å². The molecule has 1 amide bonds. The maximum atomic E-state index is 12.5. The van der Waals surface area contributed by atoms with Gasteiger partial charge in [0.25, 0.3) is 5.91 Å². The van der Waals surface area contributed by atoms with Crippen molar-refractivity contribution in [3.63, 3.8) is 0 Å². The Labute approximate surface area is 170 Å². The highest BCUT2D eigenvalue weighted by Gasteiger charge is 2.26. The van der Waals surface area contributed by atoms with Crippen LogP contribution in [0.4, 0.5) is 0 Å². The Morgan fingerprint density at radius 3 is 2.59 bits per heavy atom. The van der Waals surface area contributed by atoms with E-state index in [0.717, 1.165) is 11.3 Å². The number of nitrogens with zero attached hydrogens (tertiary/aromatic N) is 1. The van der Waals surface area contributed by atoms with E-state index in [4.69, 9.17) is 5.73 Å². The number of benzene rings is 1. The number of likely N-dealkylation sites (tertiary alicyclic amines) is 1. The van der Waals surface area contributed by atoms with Crippen LogP contribution in [-0.4, -0.2) is 45.4 Å². The normalized spacial score (nSPS) is 16.9. The predicted molar refractivity (Wildman–Crippen MR) is 110 cm³/mol. The summed E-state index contributed by atoms with van der Waals surface area (Å²) in [6.07, 6.45) is 1.58. The lowest BCUT2D eigenvalue weighted by Crippen LogP contribution is -2.30. The fourth-order valence-electron chi connectivity index (χ4n) is 3.02. The zero-order chi connectivity index (χ0) is 18.6. The van der Waals surface area contributed by atoms with Crippen LogP contribution in [0.25, 0.3) is 0 Å². The molecule has 0 bridgehead atoms. The molecule has 2 aromatic rings. The van der Waals surface area contributed by atoms with Crippen LogP contribution in [0.5, 0.6) is 0 Å². The summed E-state index contributed by atoms with van der Waals surface area (Å²) >= 11 is 1.60. The minimum Gasteiger partial charge on any atom is -0.338 e. The largest absolute Gasteiger partial charge is 0.338 e. The summed E-state index contributed by atoms with van der Waals surface area (Å²) in [6, 6.07) is 10.0. The molecule has 3 rings (SSSR count). The third-order valence-corrected chi connectivity index (χ3v) is 6.97. The van der Waals surface area contributed by atoms with E-state index in [-0.39, 0.29) is 23.2 Å². The monoisotopic (exact) mass is 429 g/mol. The lowest BCUT2D eigenvalue weighted by Gasteiger charge is -2.16. The average molecular weight is 430 g/mol. The summed E-state index contributed by atoms with van der Waals surface area (Å²) in [5.41, 5.74) is 6.16. The minimum atomic E-state index is -3.57. The quantitative estimate of drug-likeness (QED) is 0.705. The van der Waals surface area contributed by atoms with Crippen molar-refractivity contribution in [3.05, 3.63) is 52.2 Å². The van der Waals surface area contributed by atoms with E-state index >= 15 is 0 Å². The van der Waals surface area contributed by atoms with Crippen molar-refractivity contribution in [1.29, 1.82) is 0 Å². The van der Waals surface area contributed by atoms with Crippen molar-refractivity contribution >= 4 is 39.7 Å². The number of rotatable bonds is 7. The van der Waals surface area contributed by atoms with Crippen molar-refractivity contribution < 1.29 is 13.2 Å². The Kier molecular flexibility index (Phi) is 7.81. The molecule has 0 saturated carbocycles. The first kappa shape index (κ1) is 21.8. The lowest BCUT2D eigenvalue weighted by atomic mass is 10.1. The molecule has 0 radical (unpaired) electrons. The van der Waals surface area contributed by atoms with Crippen LogP contribution < -0.4 is 10.5 Å². The van der Waals surface area contributed by atoms with Gasteiger partial charge in [-0.3, -0.25) is 4.79 Å². The van der Waals surface area contributed by atoms with E-state index in [2.05, 4.69) is 4.72 Å². The molecule has 2 heterocycles. The number of hydrogen-bond donors (Lipinski definition) is 2. The van der Waals surface area contributed by atoms with Gasteiger partial charge < -0.3 is 10.6 Å². The van der Waals surface area contributed by atoms with Crippen molar-refractivity contribution in [2.24, 2.45) is 11.7 Å². The first-order valence-electron chi connectivity index (χ1n) is 8.61. The summed E-state index contributed by atoms with van der Waals surface area (Å²) in [4.78, 5) is 15.6. The van der Waals surface area contributed by atoms with E-state index < -0.39 is 10.0 Å². The Morgan fingerprint density at radius 1 is 1.26 bits per heavy atom. The van der Waals surface area contributed by atoms with Gasteiger partial charge in [-0.2, -0.15) is 0 Å². The van der Waals surface area contributed by atoms with Gasteiger partial charge in [-0.25, -0.2) is 13.1 Å². The molecule has 1 aromatic heterocycles. The SMILES string of the molecule is Cl.NCC1CCN(C(=O)c2ccc(S(=O)(=O)NCCc3cccs3)cc2)C1. The van der Waals surface area contributed by atoms with Crippen LogP contribution in [0, 0.1) is 5.92 Å². The fraction of sp³-hybridized carbons (Fsp3) is 0.389. The predicted octanol–water partition coefficient (Wildman–Crippen LogP) is 2.11. The number of nitrogens with two attached hydrogens (primary N) is 1. The molecule has 1 fully saturated rings. The minimum absolute atomic E-state index is 0. The van der Waals surface area contributed by atoms with Crippen LogP contribution >= 0.6 is 23.7 Å². The van der Waals surface area contributed by atoms with Crippen LogP contribution in [0.15, 0.2) is 46.7 Å². The van der Waals surface area contributed by atoms with Gasteiger partial charge in [0.05, 0.1) is 4.90 Å². The molecular formula is C18H24ClN3O3S2. The highest BCUT2D eigenvalue weighted by Crippen LogP contribution is 2.19. The number of nitrogens with one attached hydrogen (secondary N) is 1. The van der Waals surface area contributed by atoms with Crippen LogP contribution in [-0.2, 0) is 16.4 Å². The highest BCUT2D eigenvalue weighted by atomic mass is 35.5. The molecule has 1 atom stereocenters. The van der Waals surface area contributed by atoms with Crippen LogP contribution in [0.1, 0.15) is 21.7 Å². The van der Waals surface area contributed by atoms with Crippen molar-refractivity contribution in [2.45, 2.75) is 17.7 Å². The topological polar surface area (TPSA) is 92.5 Å². The molecule has 0 spiro atoms. The molecule has 3 N–H and O–H groups in total. The number of hydrogen-bond acceptors (Lipinski definition) is 5. The number of halogens is 1. The van der Waals surface area contributed by atoms with E-state index in [1.807, 2.05) is 17.5 Å². The summed E-state index contributed by atoms with van der Waals surface area (Å²) in [7, 11) is -3.57. The second-order valence-corrected chi connectivity index (χ2v) is 9.19. The molecule has 1 aromatic carbocycles. The number of carbonyl (C=O) groups is 1. The number of amides is 1. The number of carbonyl (C=O) groups excluding carboxylic acids is 1. The Balaban J connectivity index is 0.00000261. The first-order chi connectivity index (χ1) is 12.5. The number of sulfonamides is 1. The third kappa shape index (κ3) is 5.52. The molecule has 9 heteroatoms. The van der Waals surface area contributed by atoms with Crippen LogP contribution in [0.3, 0.4) is 0 Å². The standard InChI is InChI=1S/C18H23N3O3S2.ClH/c19-12-14-8-10-21(13-14)18(22)15-3-5-17(6-4-15)26(23,24)20-9-7-16-2-1-11-25-16;/h1-6,11,14,20H,7-10,12-13,19H2;1H. The summed E-state index contributed by atoms with van der Waals surface area (Å²) in [5, 5.41) is 1.97. The molecule has 27 heavy (non-hydrogen) atoms. The Bertz CT molecular complexity index is 839. The molecule has 1 aliphatic heterocycles. The van der Waals surface area contributed by atoms with Gasteiger partial charge in [-0.15, -0.1) is 23.7 Å². The second-order valence-electron chi connectivity index (χ2n) is 6.39. The van der Waals surface area contributed by atoms with Crippen molar-refractivity contribution in [2.75, 3.05) is 26.2 Å². The van der Waals surface area contributed by atoms with Gasteiger partial charge in [0.1, 0.15) is 0 Å².